The lowest BCUT2D eigenvalue weighted by atomic mass is 9.85. The number of hydrogen-bond acceptors (Lipinski definition) is 5. The summed E-state index contributed by atoms with van der Waals surface area (Å²) in [5, 5.41) is 0. The van der Waals surface area contributed by atoms with E-state index in [4.69, 9.17) is 4.74 Å². The second kappa shape index (κ2) is 8.42. The molecule has 0 bridgehead atoms. The highest BCUT2D eigenvalue weighted by atomic mass is 79.9. The summed E-state index contributed by atoms with van der Waals surface area (Å²) in [6.07, 6.45) is 1.79. The molecule has 3 aromatic rings. The first kappa shape index (κ1) is 20.2. The number of aromatic nitrogens is 1. The average Bonchev–Trinajstić information content (AvgIpc) is 3.35. The molecule has 2 aliphatic heterocycles. The molecule has 1 aromatic heterocycles. The first-order valence-corrected chi connectivity index (χ1v) is 11.2. The van der Waals surface area contributed by atoms with Crippen LogP contribution in [-0.4, -0.2) is 23.5 Å². The summed E-state index contributed by atoms with van der Waals surface area (Å²) in [4.78, 5) is 20.1. The Labute approximate surface area is 189 Å². The summed E-state index contributed by atoms with van der Waals surface area (Å²) >= 11 is 3.49. The third kappa shape index (κ3) is 3.63. The highest BCUT2D eigenvalue weighted by molar-refractivity contribution is 9.10. The second-order valence-corrected chi connectivity index (χ2v) is 8.62. The molecule has 2 saturated heterocycles. The van der Waals surface area contributed by atoms with Gasteiger partial charge in [0.1, 0.15) is 11.8 Å². The summed E-state index contributed by atoms with van der Waals surface area (Å²) in [5.74, 6) is 0.863. The SMILES string of the molecule is CCOc1ccc(C2NNC3C(=O)N(c4ccc(Br)cc4)C(c4ccccn4)C32)cc1. The summed E-state index contributed by atoms with van der Waals surface area (Å²) in [6, 6.07) is 21.2. The third-order valence-corrected chi connectivity index (χ3v) is 6.48. The minimum absolute atomic E-state index is 0.0241. The molecular formula is C24H23BrN4O2. The number of ether oxygens (including phenoxy) is 1. The highest BCUT2D eigenvalue weighted by Gasteiger charge is 2.56. The van der Waals surface area contributed by atoms with Crippen LogP contribution in [0.2, 0.25) is 0 Å². The maximum atomic E-state index is 13.5. The molecule has 2 fully saturated rings. The molecule has 1 amide bonds. The summed E-state index contributed by atoms with van der Waals surface area (Å²) in [5.41, 5.74) is 9.48. The number of anilines is 1. The normalized spacial score (nSPS) is 25.0. The third-order valence-electron chi connectivity index (χ3n) is 5.96. The zero-order valence-corrected chi connectivity index (χ0v) is 18.6. The number of carbonyl (C=O) groups excluding carboxylic acids is 1. The number of carbonyl (C=O) groups is 1. The van der Waals surface area contributed by atoms with Gasteiger partial charge < -0.3 is 9.64 Å². The molecule has 4 atom stereocenters. The fraction of sp³-hybridized carbons (Fsp3) is 0.250. The molecule has 0 saturated carbocycles. The molecule has 7 heteroatoms. The van der Waals surface area contributed by atoms with Crippen LogP contribution in [-0.2, 0) is 4.79 Å². The van der Waals surface area contributed by atoms with Gasteiger partial charge in [0, 0.05) is 22.3 Å². The lowest BCUT2D eigenvalue weighted by Gasteiger charge is -2.30. The van der Waals surface area contributed by atoms with Gasteiger partial charge in [-0.1, -0.05) is 34.1 Å². The van der Waals surface area contributed by atoms with E-state index in [9.17, 15) is 4.79 Å². The Balaban J connectivity index is 1.56. The monoisotopic (exact) mass is 478 g/mol. The Morgan fingerprint density at radius 2 is 1.74 bits per heavy atom. The maximum Gasteiger partial charge on any atom is 0.246 e. The molecule has 6 nitrogen and oxygen atoms in total. The van der Waals surface area contributed by atoms with Crippen molar-refractivity contribution in [1.82, 2.24) is 15.8 Å². The fourth-order valence-electron chi connectivity index (χ4n) is 4.63. The predicted molar refractivity (Wildman–Crippen MR) is 123 cm³/mol. The molecule has 3 heterocycles. The van der Waals surface area contributed by atoms with Gasteiger partial charge >= 0.3 is 0 Å². The molecule has 4 unspecified atom stereocenters. The van der Waals surface area contributed by atoms with E-state index in [1.54, 1.807) is 6.20 Å². The van der Waals surface area contributed by atoms with Crippen molar-refractivity contribution in [2.24, 2.45) is 5.92 Å². The van der Waals surface area contributed by atoms with Crippen LogP contribution < -0.4 is 20.5 Å². The molecule has 31 heavy (non-hydrogen) atoms. The number of nitrogens with one attached hydrogen (secondary N) is 2. The van der Waals surface area contributed by atoms with Crippen molar-refractivity contribution in [2.75, 3.05) is 11.5 Å². The van der Waals surface area contributed by atoms with Crippen molar-refractivity contribution in [3.8, 4) is 5.75 Å². The zero-order valence-electron chi connectivity index (χ0n) is 17.0. The summed E-state index contributed by atoms with van der Waals surface area (Å²) < 4.78 is 6.57. The van der Waals surface area contributed by atoms with E-state index in [0.29, 0.717) is 6.61 Å². The lowest BCUT2D eigenvalue weighted by Crippen LogP contribution is -2.41. The minimum Gasteiger partial charge on any atom is -0.494 e. The lowest BCUT2D eigenvalue weighted by molar-refractivity contribution is -0.119. The first-order chi connectivity index (χ1) is 15.2. The van der Waals surface area contributed by atoms with Gasteiger partial charge in [-0.15, -0.1) is 0 Å². The summed E-state index contributed by atoms with van der Waals surface area (Å²) in [6.45, 7) is 2.60. The largest absolute Gasteiger partial charge is 0.494 e. The van der Waals surface area contributed by atoms with E-state index >= 15 is 0 Å². The molecule has 5 rings (SSSR count). The van der Waals surface area contributed by atoms with Crippen molar-refractivity contribution >= 4 is 27.5 Å². The molecule has 2 aromatic carbocycles. The van der Waals surface area contributed by atoms with Crippen molar-refractivity contribution < 1.29 is 9.53 Å². The van der Waals surface area contributed by atoms with E-state index in [1.807, 2.05) is 66.4 Å². The van der Waals surface area contributed by atoms with Crippen LogP contribution in [0.5, 0.6) is 5.75 Å². The van der Waals surface area contributed by atoms with Crippen molar-refractivity contribution in [1.29, 1.82) is 0 Å². The van der Waals surface area contributed by atoms with Crippen LogP contribution in [0.25, 0.3) is 0 Å². The zero-order chi connectivity index (χ0) is 21.4. The van der Waals surface area contributed by atoms with Crippen LogP contribution in [0.4, 0.5) is 5.69 Å². The van der Waals surface area contributed by atoms with Gasteiger partial charge in [0.15, 0.2) is 0 Å². The molecule has 2 N–H and O–H groups in total. The van der Waals surface area contributed by atoms with E-state index < -0.39 is 0 Å². The number of rotatable bonds is 5. The summed E-state index contributed by atoms with van der Waals surface area (Å²) in [7, 11) is 0. The first-order valence-electron chi connectivity index (χ1n) is 10.4. The average molecular weight is 479 g/mol. The van der Waals surface area contributed by atoms with Crippen molar-refractivity contribution in [3.05, 3.63) is 88.7 Å². The van der Waals surface area contributed by atoms with Gasteiger partial charge in [-0.05, 0) is 61.0 Å². The van der Waals surface area contributed by atoms with Gasteiger partial charge in [-0.2, -0.15) is 0 Å². The standard InChI is InChI=1S/C24H23BrN4O2/c1-2-31-18-12-6-15(7-13-18)21-20-22(28-27-21)24(30)29(17-10-8-16(25)9-11-17)23(20)19-5-3-4-14-26-19/h3-14,20-23,27-28H,2H2,1H3. The Bertz CT molecular complexity index is 1060. The number of amides is 1. The number of hydrogen-bond donors (Lipinski definition) is 2. The Morgan fingerprint density at radius 1 is 1.00 bits per heavy atom. The molecule has 0 spiro atoms. The maximum absolute atomic E-state index is 13.5. The van der Waals surface area contributed by atoms with Gasteiger partial charge in [0.25, 0.3) is 0 Å². The topological polar surface area (TPSA) is 66.5 Å². The molecule has 0 aliphatic carbocycles. The van der Waals surface area contributed by atoms with Crippen LogP contribution in [0.1, 0.15) is 30.3 Å². The number of halogens is 1. The number of pyridine rings is 1. The van der Waals surface area contributed by atoms with E-state index in [0.717, 1.165) is 27.2 Å². The molecule has 2 aliphatic rings. The Kier molecular flexibility index (Phi) is 5.48. The van der Waals surface area contributed by atoms with Crippen molar-refractivity contribution in [3.63, 3.8) is 0 Å². The van der Waals surface area contributed by atoms with Gasteiger partial charge in [-0.3, -0.25) is 9.78 Å². The quantitative estimate of drug-likeness (QED) is 0.576. The van der Waals surface area contributed by atoms with E-state index in [2.05, 4.69) is 43.9 Å². The fourth-order valence-corrected chi connectivity index (χ4v) is 4.89. The van der Waals surface area contributed by atoms with Crippen LogP contribution in [0, 0.1) is 5.92 Å². The van der Waals surface area contributed by atoms with Crippen LogP contribution in [0.3, 0.4) is 0 Å². The number of hydrazine groups is 1. The highest BCUT2D eigenvalue weighted by Crippen LogP contribution is 2.48. The molecule has 0 radical (unpaired) electrons. The smallest absolute Gasteiger partial charge is 0.246 e. The number of nitrogens with zero attached hydrogens (tertiary/aromatic N) is 2. The van der Waals surface area contributed by atoms with E-state index in [1.165, 1.54) is 0 Å². The van der Waals surface area contributed by atoms with Crippen molar-refractivity contribution in [2.45, 2.75) is 25.0 Å². The minimum atomic E-state index is -0.341. The molecular weight excluding hydrogens is 456 g/mol. The van der Waals surface area contributed by atoms with Gasteiger partial charge in [0.2, 0.25) is 5.91 Å². The molecule has 158 valence electrons. The number of fused-ring (bicyclic) bond motifs is 1. The van der Waals surface area contributed by atoms with Gasteiger partial charge in [0.05, 0.1) is 24.4 Å². The van der Waals surface area contributed by atoms with Crippen LogP contribution >= 0.6 is 15.9 Å². The number of benzene rings is 2. The van der Waals surface area contributed by atoms with E-state index in [-0.39, 0.29) is 30.0 Å². The second-order valence-electron chi connectivity index (χ2n) is 7.71. The Morgan fingerprint density at radius 3 is 2.42 bits per heavy atom. The Hall–Kier alpha value is -2.74. The predicted octanol–water partition coefficient (Wildman–Crippen LogP) is 4.16. The van der Waals surface area contributed by atoms with Gasteiger partial charge in [-0.25, -0.2) is 10.9 Å². The van der Waals surface area contributed by atoms with Crippen LogP contribution in [0.15, 0.2) is 77.4 Å².